The van der Waals surface area contributed by atoms with Crippen LogP contribution >= 0.6 is 0 Å². The Labute approximate surface area is 108 Å². The molecule has 1 aromatic carbocycles. The van der Waals surface area contributed by atoms with Crippen LogP contribution in [0, 0.1) is 0 Å². The zero-order valence-corrected chi connectivity index (χ0v) is 11.7. The van der Waals surface area contributed by atoms with E-state index in [1.54, 1.807) is 7.11 Å². The highest BCUT2D eigenvalue weighted by Gasteiger charge is 2.08. The van der Waals surface area contributed by atoms with Gasteiger partial charge in [-0.15, -0.1) is 0 Å². The molecule has 102 valence electrons. The lowest BCUT2D eigenvalue weighted by Crippen LogP contribution is -2.13. The lowest BCUT2D eigenvalue weighted by molar-refractivity contribution is 0.311. The van der Waals surface area contributed by atoms with E-state index in [1.807, 2.05) is 25.2 Å². The van der Waals surface area contributed by atoms with Crippen molar-refractivity contribution in [3.05, 3.63) is 23.8 Å². The normalized spacial score (nSPS) is 11.3. The standard InChI is InChI=1S/C12H19NO4S/c1-13-9-10-4-5-11(16-2)12(8-10)17-6-7-18(3,14)15/h4-5,8,13H,6-7,9H2,1-3H3. The fraction of sp³-hybridized carbons (Fsp3) is 0.500. The molecule has 1 aromatic rings. The predicted octanol–water partition coefficient (Wildman–Crippen LogP) is 0.838. The van der Waals surface area contributed by atoms with Gasteiger partial charge in [-0.1, -0.05) is 6.07 Å². The first-order valence-electron chi connectivity index (χ1n) is 5.58. The van der Waals surface area contributed by atoms with Crippen LogP contribution in [0.25, 0.3) is 0 Å². The molecular weight excluding hydrogens is 254 g/mol. The van der Waals surface area contributed by atoms with Crippen molar-refractivity contribution in [3.63, 3.8) is 0 Å². The van der Waals surface area contributed by atoms with E-state index in [0.717, 1.165) is 5.56 Å². The van der Waals surface area contributed by atoms with E-state index in [2.05, 4.69) is 5.32 Å². The number of nitrogens with one attached hydrogen (secondary N) is 1. The van der Waals surface area contributed by atoms with Gasteiger partial charge in [0.25, 0.3) is 0 Å². The molecule has 6 heteroatoms. The van der Waals surface area contributed by atoms with E-state index in [9.17, 15) is 8.42 Å². The Morgan fingerprint density at radius 2 is 2.00 bits per heavy atom. The summed E-state index contributed by atoms with van der Waals surface area (Å²) in [5.74, 6) is 1.16. The summed E-state index contributed by atoms with van der Waals surface area (Å²) in [6.45, 7) is 0.838. The molecule has 0 saturated heterocycles. The SMILES string of the molecule is CNCc1ccc(OC)c(OCCS(C)(=O)=O)c1. The van der Waals surface area contributed by atoms with Gasteiger partial charge in [0.05, 0.1) is 12.9 Å². The Hall–Kier alpha value is -1.27. The van der Waals surface area contributed by atoms with Crippen LogP contribution in [0.15, 0.2) is 18.2 Å². The summed E-state index contributed by atoms with van der Waals surface area (Å²) < 4.78 is 32.7. The molecule has 0 fully saturated rings. The fourth-order valence-electron chi connectivity index (χ4n) is 1.45. The van der Waals surface area contributed by atoms with Crippen LogP contribution in [-0.4, -0.2) is 41.2 Å². The highest BCUT2D eigenvalue weighted by molar-refractivity contribution is 7.90. The van der Waals surface area contributed by atoms with Crippen molar-refractivity contribution in [1.29, 1.82) is 0 Å². The molecule has 0 aliphatic heterocycles. The summed E-state index contributed by atoms with van der Waals surface area (Å²) in [5, 5.41) is 3.04. The van der Waals surface area contributed by atoms with E-state index >= 15 is 0 Å². The van der Waals surface area contributed by atoms with Gasteiger partial charge in [-0.3, -0.25) is 0 Å². The van der Waals surface area contributed by atoms with E-state index < -0.39 is 9.84 Å². The third kappa shape index (κ3) is 4.93. The summed E-state index contributed by atoms with van der Waals surface area (Å²) >= 11 is 0. The molecule has 0 aliphatic carbocycles. The molecular formula is C12H19NO4S. The molecule has 0 aromatic heterocycles. The number of sulfone groups is 1. The molecule has 0 heterocycles. The van der Waals surface area contributed by atoms with Gasteiger partial charge in [-0.25, -0.2) is 8.42 Å². The highest BCUT2D eigenvalue weighted by Crippen LogP contribution is 2.28. The Kier molecular flexibility index (Phi) is 5.43. The Morgan fingerprint density at radius 3 is 2.56 bits per heavy atom. The zero-order valence-electron chi connectivity index (χ0n) is 10.9. The van der Waals surface area contributed by atoms with E-state index in [-0.39, 0.29) is 12.4 Å². The number of rotatable bonds is 7. The van der Waals surface area contributed by atoms with Gasteiger partial charge in [0.2, 0.25) is 0 Å². The quantitative estimate of drug-likeness (QED) is 0.797. The van der Waals surface area contributed by atoms with Gasteiger partial charge < -0.3 is 14.8 Å². The zero-order chi connectivity index (χ0) is 13.6. The van der Waals surface area contributed by atoms with Gasteiger partial charge in [-0.05, 0) is 24.7 Å². The molecule has 0 atom stereocenters. The minimum Gasteiger partial charge on any atom is -0.493 e. The molecule has 5 nitrogen and oxygen atoms in total. The minimum atomic E-state index is -3.01. The topological polar surface area (TPSA) is 64.6 Å². The second kappa shape index (κ2) is 6.61. The fourth-order valence-corrected chi connectivity index (χ4v) is 1.84. The number of ether oxygens (including phenoxy) is 2. The maximum Gasteiger partial charge on any atom is 0.161 e. The summed E-state index contributed by atoms with van der Waals surface area (Å²) in [4.78, 5) is 0. The number of hydrogen-bond donors (Lipinski definition) is 1. The van der Waals surface area contributed by atoms with Crippen molar-refractivity contribution in [2.24, 2.45) is 0 Å². The van der Waals surface area contributed by atoms with Crippen LogP contribution in [0.1, 0.15) is 5.56 Å². The molecule has 0 unspecified atom stereocenters. The summed E-state index contributed by atoms with van der Waals surface area (Å²) in [6.07, 6.45) is 1.19. The van der Waals surface area contributed by atoms with Crippen LogP contribution in [0.4, 0.5) is 0 Å². The molecule has 0 radical (unpaired) electrons. The second-order valence-electron chi connectivity index (χ2n) is 3.99. The van der Waals surface area contributed by atoms with Gasteiger partial charge in [0.15, 0.2) is 21.3 Å². The van der Waals surface area contributed by atoms with Crippen LogP contribution in [0.2, 0.25) is 0 Å². The van der Waals surface area contributed by atoms with E-state index in [0.29, 0.717) is 18.0 Å². The van der Waals surface area contributed by atoms with Crippen LogP contribution in [0.3, 0.4) is 0 Å². The predicted molar refractivity (Wildman–Crippen MR) is 71.0 cm³/mol. The molecule has 0 saturated carbocycles. The van der Waals surface area contributed by atoms with Crippen LogP contribution < -0.4 is 14.8 Å². The van der Waals surface area contributed by atoms with Gasteiger partial charge in [0, 0.05) is 12.8 Å². The molecule has 0 aliphatic rings. The monoisotopic (exact) mass is 273 g/mol. The van der Waals surface area contributed by atoms with Crippen LogP contribution in [0.5, 0.6) is 11.5 Å². The van der Waals surface area contributed by atoms with Crippen molar-refractivity contribution in [2.75, 3.05) is 32.8 Å². The van der Waals surface area contributed by atoms with Crippen molar-refractivity contribution in [3.8, 4) is 11.5 Å². The van der Waals surface area contributed by atoms with E-state index in [1.165, 1.54) is 6.26 Å². The molecule has 0 amide bonds. The smallest absolute Gasteiger partial charge is 0.161 e. The first kappa shape index (κ1) is 14.8. The van der Waals surface area contributed by atoms with Crippen molar-refractivity contribution in [2.45, 2.75) is 6.54 Å². The minimum absolute atomic E-state index is 0.00753. The first-order valence-corrected chi connectivity index (χ1v) is 7.64. The lowest BCUT2D eigenvalue weighted by Gasteiger charge is -2.12. The second-order valence-corrected chi connectivity index (χ2v) is 6.25. The first-order chi connectivity index (χ1) is 8.46. The van der Waals surface area contributed by atoms with Crippen molar-refractivity contribution >= 4 is 9.84 Å². The molecule has 0 bridgehead atoms. The maximum atomic E-state index is 11.0. The number of hydrogen-bond acceptors (Lipinski definition) is 5. The van der Waals surface area contributed by atoms with Crippen LogP contribution in [-0.2, 0) is 16.4 Å². The third-order valence-electron chi connectivity index (χ3n) is 2.32. The van der Waals surface area contributed by atoms with Gasteiger partial charge in [0.1, 0.15) is 6.61 Å². The number of methoxy groups -OCH3 is 1. The third-order valence-corrected chi connectivity index (χ3v) is 3.23. The molecule has 18 heavy (non-hydrogen) atoms. The highest BCUT2D eigenvalue weighted by atomic mass is 32.2. The molecule has 0 spiro atoms. The average Bonchev–Trinajstić information content (AvgIpc) is 2.28. The lowest BCUT2D eigenvalue weighted by atomic mass is 10.2. The van der Waals surface area contributed by atoms with Crippen molar-refractivity contribution in [1.82, 2.24) is 5.32 Å². The average molecular weight is 273 g/mol. The Bertz CT molecular complexity index is 485. The van der Waals surface area contributed by atoms with E-state index in [4.69, 9.17) is 9.47 Å². The summed E-state index contributed by atoms with van der Waals surface area (Å²) in [6, 6.07) is 5.58. The van der Waals surface area contributed by atoms with Crippen molar-refractivity contribution < 1.29 is 17.9 Å². The molecule has 1 rings (SSSR count). The summed E-state index contributed by atoms with van der Waals surface area (Å²) in [5.41, 5.74) is 1.05. The largest absolute Gasteiger partial charge is 0.493 e. The Morgan fingerprint density at radius 1 is 1.28 bits per heavy atom. The maximum absolute atomic E-state index is 11.0. The Balaban J connectivity index is 2.75. The molecule has 1 N–H and O–H groups in total. The van der Waals surface area contributed by atoms with Gasteiger partial charge >= 0.3 is 0 Å². The van der Waals surface area contributed by atoms with Gasteiger partial charge in [-0.2, -0.15) is 0 Å². The summed E-state index contributed by atoms with van der Waals surface area (Å²) in [7, 11) is 0.395. The number of benzene rings is 1.